The Balaban J connectivity index is 1.56. The number of hydrogen-bond acceptors (Lipinski definition) is 3. The van der Waals surface area contributed by atoms with Crippen LogP contribution >= 0.6 is 0 Å². The molecule has 3 nitrogen and oxygen atoms in total. The van der Waals surface area contributed by atoms with Gasteiger partial charge in [0, 0.05) is 5.41 Å². The second kappa shape index (κ2) is 5.81. The van der Waals surface area contributed by atoms with Crippen LogP contribution in [0, 0.1) is 22.7 Å². The molecule has 1 aromatic carbocycles. The first-order valence-corrected chi connectivity index (χ1v) is 10.8. The molecule has 0 aliphatic heterocycles. The second-order valence-corrected chi connectivity index (χ2v) is 10.1. The van der Waals surface area contributed by atoms with E-state index in [1.54, 1.807) is 0 Å². The SMILES string of the molecule is C[C@]12CC[C@H]3[C@@H](CCC4=C[C@@H](O)CC[C@@]43C)[C@@]1(O)C=C[C@]2(O)c1ccccc1. The first-order valence-electron chi connectivity index (χ1n) is 10.8. The summed E-state index contributed by atoms with van der Waals surface area (Å²) >= 11 is 0. The van der Waals surface area contributed by atoms with Gasteiger partial charge in [-0.1, -0.05) is 61.9 Å². The first-order chi connectivity index (χ1) is 13.2. The molecule has 0 heterocycles. The van der Waals surface area contributed by atoms with E-state index >= 15 is 0 Å². The molecule has 3 N–H and O–H groups in total. The highest BCUT2D eigenvalue weighted by Gasteiger charge is 2.69. The zero-order valence-electron chi connectivity index (χ0n) is 16.9. The summed E-state index contributed by atoms with van der Waals surface area (Å²) in [5.41, 5.74) is -0.472. The molecule has 150 valence electrons. The first kappa shape index (κ1) is 18.6. The van der Waals surface area contributed by atoms with Gasteiger partial charge in [0.25, 0.3) is 0 Å². The minimum atomic E-state index is -1.15. The fourth-order valence-electron chi connectivity index (χ4n) is 7.30. The Morgan fingerprint density at radius 3 is 2.39 bits per heavy atom. The number of rotatable bonds is 1. The Bertz CT molecular complexity index is 845. The van der Waals surface area contributed by atoms with E-state index in [0.29, 0.717) is 5.92 Å². The maximum absolute atomic E-state index is 12.1. The normalized spacial score (nSPS) is 49.8. The van der Waals surface area contributed by atoms with Crippen molar-refractivity contribution >= 4 is 0 Å². The molecule has 3 heteroatoms. The van der Waals surface area contributed by atoms with Gasteiger partial charge in [0.05, 0.1) is 11.7 Å². The van der Waals surface area contributed by atoms with Gasteiger partial charge < -0.3 is 15.3 Å². The highest BCUT2D eigenvalue weighted by atomic mass is 16.3. The fraction of sp³-hybridized carbons (Fsp3) is 0.600. The molecule has 5 rings (SSSR count). The summed E-state index contributed by atoms with van der Waals surface area (Å²) in [6, 6.07) is 9.82. The molecular formula is C25H32O3. The van der Waals surface area contributed by atoms with Crippen LogP contribution in [-0.4, -0.2) is 27.0 Å². The lowest BCUT2D eigenvalue weighted by Gasteiger charge is -2.62. The van der Waals surface area contributed by atoms with Crippen molar-refractivity contribution in [1.82, 2.24) is 0 Å². The van der Waals surface area contributed by atoms with Crippen molar-refractivity contribution in [2.45, 2.75) is 69.7 Å². The molecule has 0 aromatic heterocycles. The molecule has 2 saturated carbocycles. The monoisotopic (exact) mass is 380 g/mol. The molecule has 1 aromatic rings. The Hall–Kier alpha value is -1.42. The number of benzene rings is 1. The van der Waals surface area contributed by atoms with Gasteiger partial charge in [-0.3, -0.25) is 0 Å². The van der Waals surface area contributed by atoms with Gasteiger partial charge in [-0.15, -0.1) is 0 Å². The maximum atomic E-state index is 12.1. The van der Waals surface area contributed by atoms with Crippen LogP contribution in [0.1, 0.15) is 57.9 Å². The van der Waals surface area contributed by atoms with Gasteiger partial charge in [-0.2, -0.15) is 0 Å². The smallest absolute Gasteiger partial charge is 0.116 e. The third-order valence-corrected chi connectivity index (χ3v) is 9.15. The molecule has 2 fully saturated rings. The summed E-state index contributed by atoms with van der Waals surface area (Å²) in [5.74, 6) is 0.526. The van der Waals surface area contributed by atoms with Crippen molar-refractivity contribution in [2.24, 2.45) is 22.7 Å². The summed E-state index contributed by atoms with van der Waals surface area (Å²) in [4.78, 5) is 0. The van der Waals surface area contributed by atoms with Crippen LogP contribution in [0.25, 0.3) is 0 Å². The summed E-state index contributed by atoms with van der Waals surface area (Å²) in [6.45, 7) is 4.42. The van der Waals surface area contributed by atoms with Crippen molar-refractivity contribution < 1.29 is 15.3 Å². The van der Waals surface area contributed by atoms with E-state index in [2.05, 4.69) is 19.9 Å². The van der Waals surface area contributed by atoms with Crippen LogP contribution < -0.4 is 0 Å². The molecule has 7 atom stereocenters. The van der Waals surface area contributed by atoms with E-state index in [0.717, 1.165) is 44.1 Å². The van der Waals surface area contributed by atoms with E-state index in [1.165, 1.54) is 5.57 Å². The average Bonchev–Trinajstić information content (AvgIpc) is 2.91. The van der Waals surface area contributed by atoms with Crippen LogP contribution in [0.2, 0.25) is 0 Å². The zero-order valence-corrected chi connectivity index (χ0v) is 16.9. The number of fused-ring (bicyclic) bond motifs is 5. The van der Waals surface area contributed by atoms with Crippen molar-refractivity contribution in [3.05, 3.63) is 59.7 Å². The van der Waals surface area contributed by atoms with Crippen LogP contribution in [-0.2, 0) is 5.60 Å². The molecule has 0 spiro atoms. The molecule has 28 heavy (non-hydrogen) atoms. The largest absolute Gasteiger partial charge is 0.389 e. The molecule has 4 aliphatic carbocycles. The van der Waals surface area contributed by atoms with Gasteiger partial charge in [0.1, 0.15) is 5.60 Å². The molecular weight excluding hydrogens is 348 g/mol. The highest BCUT2D eigenvalue weighted by Crippen LogP contribution is 2.69. The summed E-state index contributed by atoms with van der Waals surface area (Å²) in [6.07, 6.45) is 11.0. The van der Waals surface area contributed by atoms with Gasteiger partial charge in [0.2, 0.25) is 0 Å². The summed E-state index contributed by atoms with van der Waals surface area (Å²) in [5, 5.41) is 34.0. The lowest BCUT2D eigenvalue weighted by Crippen LogP contribution is -2.64. The van der Waals surface area contributed by atoms with Crippen LogP contribution in [0.15, 0.2) is 54.1 Å². The van der Waals surface area contributed by atoms with E-state index in [9.17, 15) is 15.3 Å². The summed E-state index contributed by atoms with van der Waals surface area (Å²) < 4.78 is 0. The maximum Gasteiger partial charge on any atom is 0.116 e. The van der Waals surface area contributed by atoms with E-state index in [-0.39, 0.29) is 17.4 Å². The number of hydrogen-bond donors (Lipinski definition) is 3. The van der Waals surface area contributed by atoms with Crippen LogP contribution in [0.5, 0.6) is 0 Å². The van der Waals surface area contributed by atoms with Gasteiger partial charge >= 0.3 is 0 Å². The molecule has 4 aliphatic rings. The topological polar surface area (TPSA) is 60.7 Å². The third-order valence-electron chi connectivity index (χ3n) is 9.15. The summed E-state index contributed by atoms with van der Waals surface area (Å²) in [7, 11) is 0. The molecule has 0 bridgehead atoms. The van der Waals surface area contributed by atoms with Gasteiger partial charge in [0.15, 0.2) is 0 Å². The zero-order chi connectivity index (χ0) is 19.8. The number of allylic oxidation sites excluding steroid dienone is 1. The van der Waals surface area contributed by atoms with E-state index in [1.807, 2.05) is 42.5 Å². The highest BCUT2D eigenvalue weighted by molar-refractivity contribution is 5.42. The minimum Gasteiger partial charge on any atom is -0.389 e. The number of aliphatic hydroxyl groups is 3. The van der Waals surface area contributed by atoms with Crippen molar-refractivity contribution in [3.63, 3.8) is 0 Å². The molecule has 0 unspecified atom stereocenters. The van der Waals surface area contributed by atoms with E-state index in [4.69, 9.17) is 0 Å². The second-order valence-electron chi connectivity index (χ2n) is 10.1. The van der Waals surface area contributed by atoms with Crippen molar-refractivity contribution in [2.75, 3.05) is 0 Å². The Morgan fingerprint density at radius 2 is 1.64 bits per heavy atom. The lowest BCUT2D eigenvalue weighted by atomic mass is 9.44. The molecule has 0 saturated heterocycles. The van der Waals surface area contributed by atoms with Crippen LogP contribution in [0.3, 0.4) is 0 Å². The predicted molar refractivity (Wildman–Crippen MR) is 109 cm³/mol. The van der Waals surface area contributed by atoms with E-state index < -0.39 is 16.6 Å². The number of aliphatic hydroxyl groups excluding tert-OH is 1. The van der Waals surface area contributed by atoms with Crippen molar-refractivity contribution in [3.8, 4) is 0 Å². The van der Waals surface area contributed by atoms with Crippen LogP contribution in [0.4, 0.5) is 0 Å². The van der Waals surface area contributed by atoms with Gasteiger partial charge in [-0.05, 0) is 67.4 Å². The Labute approximate surface area is 167 Å². The quantitative estimate of drug-likeness (QED) is 0.643. The standard InChI is InChI=1S/C25H32O3/c1-22-12-10-19(26)16-18(22)8-9-21-20(22)11-13-23(2)24(27,14-15-25(21,23)28)17-6-4-3-5-7-17/h3-7,14-16,19-21,26-28H,8-13H2,1-2H3/t19-,20-,21+,22-,23+,24-,25-/m0/s1. The Morgan fingerprint density at radius 1 is 0.893 bits per heavy atom. The minimum absolute atomic E-state index is 0.0561. The third kappa shape index (κ3) is 2.10. The lowest BCUT2D eigenvalue weighted by molar-refractivity contribution is -0.209. The molecule has 0 radical (unpaired) electrons. The van der Waals surface area contributed by atoms with Gasteiger partial charge in [-0.25, -0.2) is 0 Å². The Kier molecular flexibility index (Phi) is 3.86. The predicted octanol–water partition coefficient (Wildman–Crippen LogP) is 4.09. The van der Waals surface area contributed by atoms with Crippen molar-refractivity contribution in [1.29, 1.82) is 0 Å². The average molecular weight is 381 g/mol. The fourth-order valence-corrected chi connectivity index (χ4v) is 7.30. The molecule has 0 amide bonds.